The quantitative estimate of drug-likeness (QED) is 0.658. The molecule has 0 saturated heterocycles. The van der Waals surface area contributed by atoms with Gasteiger partial charge in [-0.1, -0.05) is 11.6 Å². The van der Waals surface area contributed by atoms with Crippen molar-refractivity contribution >= 4 is 23.2 Å². The first-order valence-corrected chi connectivity index (χ1v) is 8.94. The van der Waals surface area contributed by atoms with Crippen LogP contribution in [-0.2, 0) is 0 Å². The Balaban J connectivity index is 1.97. The van der Waals surface area contributed by atoms with Gasteiger partial charge in [0.2, 0.25) is 0 Å². The molecule has 1 amide bonds. The van der Waals surface area contributed by atoms with E-state index in [0.717, 1.165) is 0 Å². The molecule has 1 N–H and O–H groups in total. The van der Waals surface area contributed by atoms with Gasteiger partial charge in [0.1, 0.15) is 11.5 Å². The molecule has 0 bridgehead atoms. The van der Waals surface area contributed by atoms with E-state index in [1.165, 1.54) is 7.11 Å². The standard InChI is InChI=1S/C21H18ClN3O3/c1-3-28-19-7-6-14(13-23)10-17(19)24-21(26)15-11-16(22)18(12-20(15)27-2)25-8-4-5-9-25/h4-12H,3H2,1-2H3,(H,24,26). The first-order valence-electron chi connectivity index (χ1n) is 8.56. The molecule has 0 unspecified atom stereocenters. The lowest BCUT2D eigenvalue weighted by molar-refractivity contribution is 0.102. The summed E-state index contributed by atoms with van der Waals surface area (Å²) in [5.74, 6) is 0.428. The van der Waals surface area contributed by atoms with Gasteiger partial charge in [-0.2, -0.15) is 5.26 Å². The molecular formula is C21H18ClN3O3. The molecule has 0 atom stereocenters. The summed E-state index contributed by atoms with van der Waals surface area (Å²) in [6.07, 6.45) is 3.70. The van der Waals surface area contributed by atoms with Crippen LogP contribution in [0.3, 0.4) is 0 Å². The van der Waals surface area contributed by atoms with Crippen LogP contribution in [0.5, 0.6) is 11.5 Å². The van der Waals surface area contributed by atoms with E-state index in [1.54, 1.807) is 30.3 Å². The molecule has 142 valence electrons. The number of benzene rings is 2. The number of carbonyl (C=O) groups is 1. The van der Waals surface area contributed by atoms with Crippen LogP contribution in [0.15, 0.2) is 54.9 Å². The van der Waals surface area contributed by atoms with Crippen molar-refractivity contribution in [1.82, 2.24) is 4.57 Å². The molecule has 0 spiro atoms. The molecule has 7 heteroatoms. The predicted octanol–water partition coefficient (Wildman–Crippen LogP) is 4.66. The van der Waals surface area contributed by atoms with Gasteiger partial charge in [-0.25, -0.2) is 0 Å². The molecule has 0 radical (unpaired) electrons. The number of ether oxygens (including phenoxy) is 2. The molecule has 0 aliphatic carbocycles. The zero-order chi connectivity index (χ0) is 20.1. The number of nitrogens with zero attached hydrogens (tertiary/aromatic N) is 2. The van der Waals surface area contributed by atoms with E-state index in [0.29, 0.717) is 40.1 Å². The van der Waals surface area contributed by atoms with Gasteiger partial charge in [0.05, 0.1) is 47.3 Å². The van der Waals surface area contributed by atoms with Crippen LogP contribution < -0.4 is 14.8 Å². The molecule has 6 nitrogen and oxygen atoms in total. The number of methoxy groups -OCH3 is 1. The van der Waals surface area contributed by atoms with Crippen molar-refractivity contribution in [2.45, 2.75) is 6.92 Å². The predicted molar refractivity (Wildman–Crippen MR) is 108 cm³/mol. The van der Waals surface area contributed by atoms with Gasteiger partial charge in [0, 0.05) is 18.5 Å². The first-order chi connectivity index (χ1) is 13.6. The van der Waals surface area contributed by atoms with Crippen molar-refractivity contribution < 1.29 is 14.3 Å². The number of nitrogens with one attached hydrogen (secondary N) is 1. The minimum Gasteiger partial charge on any atom is -0.496 e. The van der Waals surface area contributed by atoms with E-state index in [-0.39, 0.29) is 5.56 Å². The molecule has 0 saturated carbocycles. The maximum Gasteiger partial charge on any atom is 0.259 e. The van der Waals surface area contributed by atoms with E-state index in [1.807, 2.05) is 42.1 Å². The van der Waals surface area contributed by atoms with Gasteiger partial charge in [0.15, 0.2) is 0 Å². The summed E-state index contributed by atoms with van der Waals surface area (Å²) in [7, 11) is 1.49. The van der Waals surface area contributed by atoms with Crippen LogP contribution in [0.4, 0.5) is 5.69 Å². The number of hydrogen-bond acceptors (Lipinski definition) is 4. The van der Waals surface area contributed by atoms with Crippen molar-refractivity contribution in [3.05, 3.63) is 71.0 Å². The average Bonchev–Trinajstić information content (AvgIpc) is 3.23. The number of amides is 1. The summed E-state index contributed by atoms with van der Waals surface area (Å²) in [4.78, 5) is 12.9. The average molecular weight is 396 g/mol. The maximum absolute atomic E-state index is 12.9. The number of hydrogen-bond donors (Lipinski definition) is 1. The lowest BCUT2D eigenvalue weighted by atomic mass is 10.1. The van der Waals surface area contributed by atoms with E-state index in [4.69, 9.17) is 26.3 Å². The Hall–Kier alpha value is -3.43. The van der Waals surface area contributed by atoms with Crippen molar-refractivity contribution in [1.29, 1.82) is 5.26 Å². The molecule has 1 aromatic heterocycles. The minimum absolute atomic E-state index is 0.271. The molecular weight excluding hydrogens is 378 g/mol. The largest absolute Gasteiger partial charge is 0.496 e. The summed E-state index contributed by atoms with van der Waals surface area (Å²) in [6, 6.07) is 13.9. The molecule has 0 aliphatic heterocycles. The fourth-order valence-electron chi connectivity index (χ4n) is 2.75. The molecule has 0 aliphatic rings. The Bertz CT molecular complexity index is 1040. The second-order valence-corrected chi connectivity index (χ2v) is 6.21. The van der Waals surface area contributed by atoms with Crippen LogP contribution in [-0.4, -0.2) is 24.2 Å². The number of aromatic nitrogens is 1. The number of nitriles is 1. The van der Waals surface area contributed by atoms with E-state index < -0.39 is 5.91 Å². The minimum atomic E-state index is -0.422. The first kappa shape index (κ1) is 19.3. The van der Waals surface area contributed by atoms with Gasteiger partial charge < -0.3 is 19.4 Å². The number of rotatable bonds is 6. The zero-order valence-electron chi connectivity index (χ0n) is 15.4. The molecule has 0 fully saturated rings. The SMILES string of the molecule is CCOc1ccc(C#N)cc1NC(=O)c1cc(Cl)c(-n2cccc2)cc1OC. The highest BCUT2D eigenvalue weighted by molar-refractivity contribution is 6.33. The lowest BCUT2D eigenvalue weighted by Crippen LogP contribution is -2.15. The second kappa shape index (κ2) is 8.51. The molecule has 3 rings (SSSR count). The Morgan fingerprint density at radius 3 is 2.61 bits per heavy atom. The highest BCUT2D eigenvalue weighted by Gasteiger charge is 2.18. The van der Waals surface area contributed by atoms with Gasteiger partial charge >= 0.3 is 0 Å². The van der Waals surface area contributed by atoms with Gasteiger partial charge in [-0.15, -0.1) is 0 Å². The second-order valence-electron chi connectivity index (χ2n) is 5.80. The molecule has 1 heterocycles. The third-order valence-corrected chi connectivity index (χ3v) is 4.36. The fourth-order valence-corrected chi connectivity index (χ4v) is 3.01. The van der Waals surface area contributed by atoms with Crippen LogP contribution >= 0.6 is 11.6 Å². The van der Waals surface area contributed by atoms with E-state index in [2.05, 4.69) is 5.32 Å². The third-order valence-electron chi connectivity index (χ3n) is 4.05. The third kappa shape index (κ3) is 3.95. The zero-order valence-corrected chi connectivity index (χ0v) is 16.2. The number of carbonyl (C=O) groups excluding carboxylic acids is 1. The topological polar surface area (TPSA) is 76.3 Å². The van der Waals surface area contributed by atoms with Gasteiger partial charge in [0.25, 0.3) is 5.91 Å². The van der Waals surface area contributed by atoms with Crippen LogP contribution in [0, 0.1) is 11.3 Å². The van der Waals surface area contributed by atoms with Crippen LogP contribution in [0.1, 0.15) is 22.8 Å². The number of halogens is 1. The summed E-state index contributed by atoms with van der Waals surface area (Å²) in [5, 5.41) is 12.3. The smallest absolute Gasteiger partial charge is 0.259 e. The maximum atomic E-state index is 12.9. The normalized spacial score (nSPS) is 10.2. The highest BCUT2D eigenvalue weighted by Crippen LogP contribution is 2.32. The van der Waals surface area contributed by atoms with E-state index in [9.17, 15) is 4.79 Å². The van der Waals surface area contributed by atoms with E-state index >= 15 is 0 Å². The Morgan fingerprint density at radius 2 is 1.96 bits per heavy atom. The summed E-state index contributed by atoms with van der Waals surface area (Å²) >= 11 is 6.40. The van der Waals surface area contributed by atoms with Gasteiger partial charge in [-0.3, -0.25) is 4.79 Å². The lowest BCUT2D eigenvalue weighted by Gasteiger charge is -2.15. The van der Waals surface area contributed by atoms with Crippen molar-refractivity contribution in [3.8, 4) is 23.3 Å². The Morgan fingerprint density at radius 1 is 1.21 bits per heavy atom. The van der Waals surface area contributed by atoms with Gasteiger partial charge in [-0.05, 0) is 43.3 Å². The Kier molecular flexibility index (Phi) is 5.87. The number of anilines is 1. The van der Waals surface area contributed by atoms with Crippen LogP contribution in [0.2, 0.25) is 5.02 Å². The highest BCUT2D eigenvalue weighted by atomic mass is 35.5. The molecule has 28 heavy (non-hydrogen) atoms. The van der Waals surface area contributed by atoms with Crippen molar-refractivity contribution in [3.63, 3.8) is 0 Å². The van der Waals surface area contributed by atoms with Crippen molar-refractivity contribution in [2.75, 3.05) is 19.0 Å². The monoisotopic (exact) mass is 395 g/mol. The molecule has 3 aromatic rings. The summed E-state index contributed by atoms with van der Waals surface area (Å²) < 4.78 is 12.8. The Labute approximate surface area is 167 Å². The van der Waals surface area contributed by atoms with Crippen molar-refractivity contribution in [2.24, 2.45) is 0 Å². The van der Waals surface area contributed by atoms with Crippen LogP contribution in [0.25, 0.3) is 5.69 Å². The fraction of sp³-hybridized carbons (Fsp3) is 0.143. The summed E-state index contributed by atoms with van der Waals surface area (Å²) in [5.41, 5.74) is 1.78. The summed E-state index contributed by atoms with van der Waals surface area (Å²) in [6.45, 7) is 2.27. The molecule has 2 aromatic carbocycles.